The Morgan fingerprint density at radius 3 is 2.08 bits per heavy atom. The smallest absolute Gasteiger partial charge is 0.230 e. The summed E-state index contributed by atoms with van der Waals surface area (Å²) >= 11 is 0. The molecule has 6 heteroatoms. The first-order valence-corrected chi connectivity index (χ1v) is 7.88. The van der Waals surface area contributed by atoms with E-state index in [0.717, 1.165) is 27.5 Å². The number of carbonyl (C=O) groups is 2. The molecule has 126 valence electrons. The molecule has 2 aromatic carbocycles. The first-order valence-electron chi connectivity index (χ1n) is 7.88. The molecule has 0 N–H and O–H groups in total. The number of nitrogens with zero attached hydrogens (tertiary/aromatic N) is 4. The zero-order valence-electron chi connectivity index (χ0n) is 14.3. The van der Waals surface area contributed by atoms with Gasteiger partial charge in [0, 0.05) is 19.4 Å². The van der Waals surface area contributed by atoms with E-state index in [9.17, 15) is 9.59 Å². The van der Waals surface area contributed by atoms with Crippen molar-refractivity contribution < 1.29 is 9.59 Å². The van der Waals surface area contributed by atoms with Crippen LogP contribution in [0.25, 0.3) is 16.9 Å². The molecule has 6 nitrogen and oxygen atoms in total. The third kappa shape index (κ3) is 3.19. The summed E-state index contributed by atoms with van der Waals surface area (Å²) in [5, 5.41) is 8.50. The lowest BCUT2D eigenvalue weighted by Crippen LogP contribution is -2.32. The van der Waals surface area contributed by atoms with Crippen LogP contribution in [0, 0.1) is 6.92 Å². The molecule has 0 atom stereocenters. The number of hydrogen-bond acceptors (Lipinski definition) is 4. The summed E-state index contributed by atoms with van der Waals surface area (Å²) in [6.07, 6.45) is 0. The fourth-order valence-electron chi connectivity index (χ4n) is 2.77. The van der Waals surface area contributed by atoms with Gasteiger partial charge in [-0.3, -0.25) is 14.5 Å². The van der Waals surface area contributed by atoms with E-state index in [4.69, 9.17) is 0 Å². The maximum absolute atomic E-state index is 11.6. The quantitative estimate of drug-likeness (QED) is 0.738. The molecule has 0 radical (unpaired) electrons. The average molecular weight is 334 g/mol. The summed E-state index contributed by atoms with van der Waals surface area (Å²) in [5.41, 5.74) is 4.07. The summed E-state index contributed by atoms with van der Waals surface area (Å²) in [5.74, 6) is -0.632. The maximum Gasteiger partial charge on any atom is 0.230 e. The highest BCUT2D eigenvalue weighted by Crippen LogP contribution is 2.24. The molecule has 1 aromatic heterocycles. The standard InChI is InChI=1S/C19H18N4O2/c1-13-19(16-7-5-4-6-8-16)20-21-23(13)18-11-9-17(10-12-18)22(14(2)24)15(3)25/h4-12H,1-3H3. The summed E-state index contributed by atoms with van der Waals surface area (Å²) in [4.78, 5) is 24.4. The molecular formula is C19H18N4O2. The van der Waals surface area contributed by atoms with Gasteiger partial charge in [0.05, 0.1) is 17.1 Å². The van der Waals surface area contributed by atoms with Crippen LogP contribution in [0.2, 0.25) is 0 Å². The number of aromatic nitrogens is 3. The Labute approximate surface area is 145 Å². The van der Waals surface area contributed by atoms with Crippen LogP contribution in [0.5, 0.6) is 0 Å². The van der Waals surface area contributed by atoms with Gasteiger partial charge in [-0.05, 0) is 31.2 Å². The Kier molecular flexibility index (Phi) is 4.43. The van der Waals surface area contributed by atoms with Crippen LogP contribution in [0.4, 0.5) is 5.69 Å². The van der Waals surface area contributed by atoms with E-state index in [1.54, 1.807) is 16.8 Å². The lowest BCUT2D eigenvalue weighted by molar-refractivity contribution is -0.124. The first-order chi connectivity index (χ1) is 12.0. The second kappa shape index (κ2) is 6.68. The number of anilines is 1. The number of benzene rings is 2. The van der Waals surface area contributed by atoms with Gasteiger partial charge in [0.1, 0.15) is 5.69 Å². The van der Waals surface area contributed by atoms with Crippen molar-refractivity contribution in [2.75, 3.05) is 4.90 Å². The zero-order chi connectivity index (χ0) is 18.0. The molecule has 0 fully saturated rings. The highest BCUT2D eigenvalue weighted by molar-refractivity contribution is 6.13. The lowest BCUT2D eigenvalue weighted by atomic mass is 10.1. The van der Waals surface area contributed by atoms with Crippen LogP contribution in [0.1, 0.15) is 19.5 Å². The normalized spacial score (nSPS) is 10.5. The van der Waals surface area contributed by atoms with Crippen LogP contribution in [-0.2, 0) is 9.59 Å². The minimum Gasteiger partial charge on any atom is -0.274 e. The topological polar surface area (TPSA) is 68.1 Å². The van der Waals surface area contributed by atoms with Gasteiger partial charge in [-0.2, -0.15) is 0 Å². The van der Waals surface area contributed by atoms with Crippen LogP contribution in [-0.4, -0.2) is 26.8 Å². The van der Waals surface area contributed by atoms with E-state index >= 15 is 0 Å². The molecule has 0 saturated carbocycles. The molecule has 3 aromatic rings. The Bertz CT molecular complexity index is 900. The summed E-state index contributed by atoms with van der Waals surface area (Å²) in [6.45, 7) is 4.68. The number of rotatable bonds is 3. The fourth-order valence-corrected chi connectivity index (χ4v) is 2.77. The molecule has 1 heterocycles. The zero-order valence-corrected chi connectivity index (χ0v) is 14.3. The molecule has 25 heavy (non-hydrogen) atoms. The third-order valence-electron chi connectivity index (χ3n) is 3.92. The molecule has 3 rings (SSSR count). The minimum absolute atomic E-state index is 0.316. The minimum atomic E-state index is -0.316. The Balaban J connectivity index is 1.95. The molecule has 0 saturated heterocycles. The molecule has 2 amide bonds. The van der Waals surface area contributed by atoms with Crippen molar-refractivity contribution >= 4 is 17.5 Å². The molecule has 0 aliphatic carbocycles. The highest BCUT2D eigenvalue weighted by Gasteiger charge is 2.17. The van der Waals surface area contributed by atoms with Gasteiger partial charge in [-0.15, -0.1) is 5.10 Å². The van der Waals surface area contributed by atoms with Crippen molar-refractivity contribution in [3.63, 3.8) is 0 Å². The van der Waals surface area contributed by atoms with Gasteiger partial charge in [0.2, 0.25) is 11.8 Å². The Morgan fingerprint density at radius 1 is 0.920 bits per heavy atom. The molecular weight excluding hydrogens is 316 g/mol. The monoisotopic (exact) mass is 334 g/mol. The largest absolute Gasteiger partial charge is 0.274 e. The number of carbonyl (C=O) groups excluding carboxylic acids is 2. The number of amides is 2. The average Bonchev–Trinajstić information content (AvgIpc) is 2.97. The highest BCUT2D eigenvalue weighted by atomic mass is 16.2. The van der Waals surface area contributed by atoms with Crippen LogP contribution in [0.3, 0.4) is 0 Å². The van der Waals surface area contributed by atoms with Gasteiger partial charge in [-0.1, -0.05) is 35.5 Å². The molecule has 0 spiro atoms. The van der Waals surface area contributed by atoms with Gasteiger partial charge < -0.3 is 0 Å². The number of imide groups is 1. The second-order valence-electron chi connectivity index (χ2n) is 5.69. The summed E-state index contributed by atoms with van der Waals surface area (Å²) < 4.78 is 1.73. The lowest BCUT2D eigenvalue weighted by Gasteiger charge is -2.17. The summed E-state index contributed by atoms with van der Waals surface area (Å²) in [7, 11) is 0. The van der Waals surface area contributed by atoms with Gasteiger partial charge in [0.15, 0.2) is 0 Å². The van der Waals surface area contributed by atoms with Crippen LogP contribution in [0.15, 0.2) is 54.6 Å². The van der Waals surface area contributed by atoms with Crippen LogP contribution >= 0.6 is 0 Å². The number of hydrogen-bond donors (Lipinski definition) is 0. The molecule has 0 aliphatic rings. The Hall–Kier alpha value is -3.28. The SMILES string of the molecule is CC(=O)N(C(C)=O)c1ccc(-n2nnc(-c3ccccc3)c2C)cc1. The first kappa shape index (κ1) is 16.6. The van der Waals surface area contributed by atoms with E-state index < -0.39 is 0 Å². The van der Waals surface area contributed by atoms with Crippen molar-refractivity contribution in [1.29, 1.82) is 0 Å². The fraction of sp³-hybridized carbons (Fsp3) is 0.158. The maximum atomic E-state index is 11.6. The molecule has 0 unspecified atom stereocenters. The van der Waals surface area contributed by atoms with E-state index in [0.29, 0.717) is 5.69 Å². The van der Waals surface area contributed by atoms with Crippen molar-refractivity contribution in [1.82, 2.24) is 15.0 Å². The van der Waals surface area contributed by atoms with Gasteiger partial charge >= 0.3 is 0 Å². The molecule has 0 bridgehead atoms. The molecule has 0 aliphatic heterocycles. The second-order valence-corrected chi connectivity index (χ2v) is 5.69. The van der Waals surface area contributed by atoms with E-state index in [1.165, 1.54) is 13.8 Å². The predicted molar refractivity (Wildman–Crippen MR) is 95.4 cm³/mol. The van der Waals surface area contributed by atoms with Crippen LogP contribution < -0.4 is 4.90 Å². The summed E-state index contributed by atoms with van der Waals surface area (Å²) in [6, 6.07) is 16.9. The third-order valence-corrected chi connectivity index (χ3v) is 3.92. The van der Waals surface area contributed by atoms with Crippen molar-refractivity contribution in [3.05, 3.63) is 60.3 Å². The van der Waals surface area contributed by atoms with E-state index in [1.807, 2.05) is 49.4 Å². The van der Waals surface area contributed by atoms with Gasteiger partial charge in [-0.25, -0.2) is 4.68 Å². The van der Waals surface area contributed by atoms with Crippen molar-refractivity contribution in [2.45, 2.75) is 20.8 Å². The van der Waals surface area contributed by atoms with E-state index in [2.05, 4.69) is 10.3 Å². The van der Waals surface area contributed by atoms with Crippen molar-refractivity contribution in [3.8, 4) is 16.9 Å². The van der Waals surface area contributed by atoms with E-state index in [-0.39, 0.29) is 11.8 Å². The Morgan fingerprint density at radius 2 is 1.52 bits per heavy atom. The van der Waals surface area contributed by atoms with Crippen molar-refractivity contribution in [2.24, 2.45) is 0 Å². The van der Waals surface area contributed by atoms with Gasteiger partial charge in [0.25, 0.3) is 0 Å². The predicted octanol–water partition coefficient (Wildman–Crippen LogP) is 3.14.